The molecule has 1 unspecified atom stereocenters. The number of benzene rings is 1. The zero-order valence-electron chi connectivity index (χ0n) is 10.4. The highest BCUT2D eigenvalue weighted by Gasteiger charge is 2.18. The van der Waals surface area contributed by atoms with Crippen molar-refractivity contribution in [2.75, 3.05) is 32.1 Å². The highest BCUT2D eigenvalue weighted by atomic mass is 79.9. The van der Waals surface area contributed by atoms with Crippen LogP contribution in [0.25, 0.3) is 0 Å². The van der Waals surface area contributed by atoms with Gasteiger partial charge in [-0.15, -0.1) is 11.6 Å². The Kier molecular flexibility index (Phi) is 5.80. The molecule has 1 heterocycles. The smallest absolute Gasteiger partial charge is 0.120 e. The van der Waals surface area contributed by atoms with Gasteiger partial charge in [0.15, 0.2) is 0 Å². The van der Waals surface area contributed by atoms with Crippen molar-refractivity contribution in [3.63, 3.8) is 0 Å². The molecule has 2 rings (SSSR count). The van der Waals surface area contributed by atoms with Gasteiger partial charge >= 0.3 is 0 Å². The molecule has 2 nitrogen and oxygen atoms in total. The molecule has 1 atom stereocenters. The Morgan fingerprint density at radius 3 is 3.11 bits per heavy atom. The van der Waals surface area contributed by atoms with Crippen LogP contribution in [0, 0.1) is 5.92 Å². The summed E-state index contributed by atoms with van der Waals surface area (Å²) in [5.41, 5.74) is 0. The number of nitrogens with zero attached hydrogens (tertiary/aromatic N) is 1. The van der Waals surface area contributed by atoms with Gasteiger partial charge in [0.25, 0.3) is 0 Å². The molecule has 1 aliphatic rings. The van der Waals surface area contributed by atoms with Crippen LogP contribution in [-0.4, -0.2) is 37.0 Å². The van der Waals surface area contributed by atoms with Gasteiger partial charge in [0.1, 0.15) is 12.4 Å². The van der Waals surface area contributed by atoms with Crippen molar-refractivity contribution in [2.24, 2.45) is 5.92 Å². The second kappa shape index (κ2) is 7.37. The standard InChI is InChI=1S/C14H19BrClNO/c15-13-4-1-5-14(9-13)18-8-7-17-6-2-3-12(10-16)11-17/h1,4-5,9,12H,2-3,6-8,10-11H2. The first kappa shape index (κ1) is 14.2. The van der Waals surface area contributed by atoms with E-state index in [1.165, 1.54) is 19.4 Å². The molecule has 1 saturated heterocycles. The van der Waals surface area contributed by atoms with Crippen molar-refractivity contribution >= 4 is 27.5 Å². The molecule has 0 bridgehead atoms. The molecule has 4 heteroatoms. The maximum Gasteiger partial charge on any atom is 0.120 e. The lowest BCUT2D eigenvalue weighted by Crippen LogP contribution is -2.38. The van der Waals surface area contributed by atoms with E-state index in [9.17, 15) is 0 Å². The van der Waals surface area contributed by atoms with E-state index in [2.05, 4.69) is 20.8 Å². The topological polar surface area (TPSA) is 12.5 Å². The summed E-state index contributed by atoms with van der Waals surface area (Å²) in [4.78, 5) is 2.45. The maximum absolute atomic E-state index is 5.93. The minimum atomic E-state index is 0.659. The van der Waals surface area contributed by atoms with Crippen LogP contribution >= 0.6 is 27.5 Å². The highest BCUT2D eigenvalue weighted by molar-refractivity contribution is 9.10. The summed E-state index contributed by atoms with van der Waals surface area (Å²) in [6, 6.07) is 7.98. The second-order valence-electron chi connectivity index (χ2n) is 4.77. The highest BCUT2D eigenvalue weighted by Crippen LogP contribution is 2.19. The molecule has 1 aromatic carbocycles. The van der Waals surface area contributed by atoms with Crippen molar-refractivity contribution in [1.82, 2.24) is 4.90 Å². The monoisotopic (exact) mass is 331 g/mol. The zero-order chi connectivity index (χ0) is 12.8. The fourth-order valence-electron chi connectivity index (χ4n) is 2.33. The third-order valence-corrected chi connectivity index (χ3v) is 4.22. The molecule has 0 aromatic heterocycles. The fraction of sp³-hybridized carbons (Fsp3) is 0.571. The van der Waals surface area contributed by atoms with Crippen molar-refractivity contribution < 1.29 is 4.74 Å². The predicted octanol–water partition coefficient (Wildman–Crippen LogP) is 3.78. The Bertz CT molecular complexity index is 375. The minimum absolute atomic E-state index is 0.659. The van der Waals surface area contributed by atoms with Crippen LogP contribution in [0.3, 0.4) is 0 Å². The molecule has 0 radical (unpaired) electrons. The molecule has 0 aliphatic carbocycles. The normalized spacial score (nSPS) is 20.9. The summed E-state index contributed by atoms with van der Waals surface area (Å²) in [7, 11) is 0. The Morgan fingerprint density at radius 2 is 2.33 bits per heavy atom. The average Bonchev–Trinajstić information content (AvgIpc) is 2.39. The molecule has 0 saturated carbocycles. The van der Waals surface area contributed by atoms with Gasteiger partial charge in [0.2, 0.25) is 0 Å². The molecular formula is C14H19BrClNO. The Labute approximate surface area is 122 Å². The first-order chi connectivity index (χ1) is 8.78. The number of ether oxygens (including phenoxy) is 1. The van der Waals surface area contributed by atoms with Gasteiger partial charge < -0.3 is 4.74 Å². The second-order valence-corrected chi connectivity index (χ2v) is 5.99. The van der Waals surface area contributed by atoms with Crippen molar-refractivity contribution in [1.29, 1.82) is 0 Å². The lowest BCUT2D eigenvalue weighted by molar-refractivity contribution is 0.154. The summed E-state index contributed by atoms with van der Waals surface area (Å²) in [6.45, 7) is 4.02. The summed E-state index contributed by atoms with van der Waals surface area (Å²) in [5, 5.41) is 0. The molecular weight excluding hydrogens is 314 g/mol. The predicted molar refractivity (Wildman–Crippen MR) is 79.5 cm³/mol. The van der Waals surface area contributed by atoms with E-state index in [1.807, 2.05) is 24.3 Å². The van der Waals surface area contributed by atoms with Crippen molar-refractivity contribution in [2.45, 2.75) is 12.8 Å². The third kappa shape index (κ3) is 4.45. The summed E-state index contributed by atoms with van der Waals surface area (Å²) < 4.78 is 6.81. The molecule has 0 N–H and O–H groups in total. The van der Waals surface area contributed by atoms with Gasteiger partial charge in [0.05, 0.1) is 0 Å². The number of likely N-dealkylation sites (tertiary alicyclic amines) is 1. The quantitative estimate of drug-likeness (QED) is 0.761. The first-order valence-electron chi connectivity index (χ1n) is 6.44. The van der Waals surface area contributed by atoms with Crippen LogP contribution in [-0.2, 0) is 0 Å². The Hall–Kier alpha value is -0.250. The van der Waals surface area contributed by atoms with Gasteiger partial charge in [-0.05, 0) is 43.5 Å². The zero-order valence-corrected chi connectivity index (χ0v) is 12.8. The van der Waals surface area contributed by atoms with E-state index in [1.54, 1.807) is 0 Å². The van der Waals surface area contributed by atoms with Crippen LogP contribution in [0.5, 0.6) is 5.75 Å². The first-order valence-corrected chi connectivity index (χ1v) is 7.77. The van der Waals surface area contributed by atoms with Gasteiger partial charge in [-0.2, -0.15) is 0 Å². The molecule has 18 heavy (non-hydrogen) atoms. The van der Waals surface area contributed by atoms with Crippen LogP contribution in [0.1, 0.15) is 12.8 Å². The number of piperidine rings is 1. The molecule has 100 valence electrons. The Balaban J connectivity index is 1.72. The van der Waals surface area contributed by atoms with Gasteiger partial charge in [0, 0.05) is 23.4 Å². The summed E-state index contributed by atoms with van der Waals surface area (Å²) in [5.74, 6) is 2.37. The molecule has 0 spiro atoms. The number of hydrogen-bond donors (Lipinski definition) is 0. The number of halogens is 2. The number of rotatable bonds is 5. The van der Waals surface area contributed by atoms with Gasteiger partial charge in [-0.3, -0.25) is 4.90 Å². The van der Waals surface area contributed by atoms with Crippen LogP contribution < -0.4 is 4.74 Å². The third-order valence-electron chi connectivity index (χ3n) is 3.29. The van der Waals surface area contributed by atoms with E-state index < -0.39 is 0 Å². The summed E-state index contributed by atoms with van der Waals surface area (Å²) in [6.07, 6.45) is 2.53. The SMILES string of the molecule is ClCC1CCCN(CCOc2cccc(Br)c2)C1. The minimum Gasteiger partial charge on any atom is -0.492 e. The molecule has 0 amide bonds. The van der Waals surface area contributed by atoms with Crippen LogP contribution in [0.4, 0.5) is 0 Å². The fourth-order valence-corrected chi connectivity index (χ4v) is 2.96. The van der Waals surface area contributed by atoms with E-state index in [0.29, 0.717) is 5.92 Å². The maximum atomic E-state index is 5.93. The number of hydrogen-bond acceptors (Lipinski definition) is 2. The lowest BCUT2D eigenvalue weighted by atomic mass is 10.0. The van der Waals surface area contributed by atoms with E-state index in [-0.39, 0.29) is 0 Å². The van der Waals surface area contributed by atoms with Gasteiger partial charge in [-0.25, -0.2) is 0 Å². The van der Waals surface area contributed by atoms with Crippen LogP contribution in [0.15, 0.2) is 28.7 Å². The Morgan fingerprint density at radius 1 is 1.44 bits per heavy atom. The molecule has 1 aromatic rings. The average molecular weight is 333 g/mol. The van der Waals surface area contributed by atoms with E-state index >= 15 is 0 Å². The number of alkyl halides is 1. The van der Waals surface area contributed by atoms with E-state index in [0.717, 1.165) is 35.8 Å². The molecule has 1 aliphatic heterocycles. The van der Waals surface area contributed by atoms with Gasteiger partial charge in [-0.1, -0.05) is 22.0 Å². The van der Waals surface area contributed by atoms with Crippen molar-refractivity contribution in [3.8, 4) is 5.75 Å². The van der Waals surface area contributed by atoms with Crippen LogP contribution in [0.2, 0.25) is 0 Å². The summed E-state index contributed by atoms with van der Waals surface area (Å²) >= 11 is 9.37. The van der Waals surface area contributed by atoms with Crippen molar-refractivity contribution in [3.05, 3.63) is 28.7 Å². The largest absolute Gasteiger partial charge is 0.492 e. The van der Waals surface area contributed by atoms with E-state index in [4.69, 9.17) is 16.3 Å². The molecule has 1 fully saturated rings. The lowest BCUT2D eigenvalue weighted by Gasteiger charge is -2.31.